The van der Waals surface area contributed by atoms with Gasteiger partial charge in [0.2, 0.25) is 0 Å². The molecule has 0 spiro atoms. The highest BCUT2D eigenvalue weighted by Gasteiger charge is 2.21. The van der Waals surface area contributed by atoms with Gasteiger partial charge in [0, 0.05) is 12.1 Å². The maximum atomic E-state index is 13.7. The summed E-state index contributed by atoms with van der Waals surface area (Å²) in [5.41, 5.74) is -0.477. The van der Waals surface area contributed by atoms with Gasteiger partial charge in [-0.15, -0.1) is 0 Å². The fourth-order valence-corrected chi connectivity index (χ4v) is 4.68. The van der Waals surface area contributed by atoms with Crippen molar-refractivity contribution in [1.82, 2.24) is 0 Å². The fourth-order valence-electron chi connectivity index (χ4n) is 4.68. The summed E-state index contributed by atoms with van der Waals surface area (Å²) in [5.74, 6) is -1.10. The summed E-state index contributed by atoms with van der Waals surface area (Å²) < 4.78 is 38.4. The third-order valence-corrected chi connectivity index (χ3v) is 6.85. The molecular formula is C29H35F2NO3. The Bertz CT molecular complexity index is 969. The second kappa shape index (κ2) is 13.8. The standard InChI is InChI=1S/C29H35F2NO3/c1-2-3-4-5-6-7-8-21-9-11-22(12-10-21)20-34-24-15-13-23(14-16-24)29(33)35-25-17-27(30)26(19-32)28(31)18-25/h13-18,21-22H,2-12,20H2,1H3. The summed E-state index contributed by atoms with van der Waals surface area (Å²) in [6, 6.07) is 9.58. The van der Waals surface area contributed by atoms with Gasteiger partial charge in [-0.25, -0.2) is 13.6 Å². The summed E-state index contributed by atoms with van der Waals surface area (Å²) in [7, 11) is 0. The van der Waals surface area contributed by atoms with Crippen molar-refractivity contribution in [1.29, 1.82) is 5.26 Å². The minimum absolute atomic E-state index is 0.234. The van der Waals surface area contributed by atoms with Gasteiger partial charge < -0.3 is 9.47 Å². The third kappa shape index (κ3) is 8.35. The van der Waals surface area contributed by atoms with Crippen LogP contribution in [-0.4, -0.2) is 12.6 Å². The second-order valence-corrected chi connectivity index (χ2v) is 9.54. The number of esters is 1. The summed E-state index contributed by atoms with van der Waals surface area (Å²) >= 11 is 0. The van der Waals surface area contributed by atoms with E-state index in [2.05, 4.69) is 6.92 Å². The Hall–Kier alpha value is -2.94. The molecule has 0 aliphatic heterocycles. The van der Waals surface area contributed by atoms with Crippen LogP contribution in [-0.2, 0) is 0 Å². The molecule has 0 heterocycles. The van der Waals surface area contributed by atoms with Gasteiger partial charge in [0.05, 0.1) is 12.2 Å². The van der Waals surface area contributed by atoms with Crippen molar-refractivity contribution in [2.45, 2.75) is 77.6 Å². The van der Waals surface area contributed by atoms with Crippen molar-refractivity contribution in [2.75, 3.05) is 6.61 Å². The van der Waals surface area contributed by atoms with Crippen LogP contribution in [0.1, 0.15) is 93.5 Å². The molecule has 0 unspecified atom stereocenters. The number of nitriles is 1. The van der Waals surface area contributed by atoms with Crippen LogP contribution in [0, 0.1) is 34.8 Å². The monoisotopic (exact) mass is 483 g/mol. The van der Waals surface area contributed by atoms with Gasteiger partial charge >= 0.3 is 5.97 Å². The first-order valence-electron chi connectivity index (χ1n) is 12.8. The number of benzene rings is 2. The van der Waals surface area contributed by atoms with Gasteiger partial charge in [0.1, 0.15) is 34.8 Å². The Morgan fingerprint density at radius 3 is 2.14 bits per heavy atom. The van der Waals surface area contributed by atoms with E-state index in [1.54, 1.807) is 24.3 Å². The van der Waals surface area contributed by atoms with Crippen molar-refractivity contribution < 1.29 is 23.0 Å². The lowest BCUT2D eigenvalue weighted by molar-refractivity contribution is 0.0734. The molecular weight excluding hydrogens is 448 g/mol. The van der Waals surface area contributed by atoms with E-state index in [9.17, 15) is 13.6 Å². The highest BCUT2D eigenvalue weighted by atomic mass is 19.1. The van der Waals surface area contributed by atoms with Crippen LogP contribution in [0.4, 0.5) is 8.78 Å². The van der Waals surface area contributed by atoms with E-state index in [1.807, 2.05) is 0 Å². The molecule has 0 radical (unpaired) electrons. The predicted molar refractivity (Wildman–Crippen MR) is 131 cm³/mol. The number of unbranched alkanes of at least 4 members (excludes halogenated alkanes) is 5. The molecule has 1 fully saturated rings. The average Bonchev–Trinajstić information content (AvgIpc) is 2.86. The molecule has 35 heavy (non-hydrogen) atoms. The molecule has 2 aromatic rings. The van der Waals surface area contributed by atoms with Gasteiger partial charge in [-0.3, -0.25) is 0 Å². The number of ether oxygens (including phenoxy) is 2. The smallest absolute Gasteiger partial charge is 0.343 e. The van der Waals surface area contributed by atoms with E-state index < -0.39 is 23.2 Å². The molecule has 0 aromatic heterocycles. The molecule has 0 atom stereocenters. The van der Waals surface area contributed by atoms with Gasteiger partial charge in [-0.1, -0.05) is 64.7 Å². The fraction of sp³-hybridized carbons (Fsp3) is 0.517. The van der Waals surface area contributed by atoms with Crippen LogP contribution >= 0.6 is 0 Å². The molecule has 188 valence electrons. The minimum atomic E-state index is -1.07. The van der Waals surface area contributed by atoms with Crippen molar-refractivity contribution in [2.24, 2.45) is 11.8 Å². The quantitative estimate of drug-likeness (QED) is 0.174. The molecule has 0 saturated heterocycles. The van der Waals surface area contributed by atoms with Crippen molar-refractivity contribution in [3.05, 3.63) is 59.2 Å². The lowest BCUT2D eigenvalue weighted by Gasteiger charge is -2.28. The number of rotatable bonds is 12. The Balaban J connectivity index is 1.38. The topological polar surface area (TPSA) is 59.3 Å². The minimum Gasteiger partial charge on any atom is -0.493 e. The summed E-state index contributed by atoms with van der Waals surface area (Å²) in [4.78, 5) is 12.3. The Kier molecular flexibility index (Phi) is 10.5. The molecule has 0 bridgehead atoms. The van der Waals surface area contributed by atoms with E-state index in [0.717, 1.165) is 18.1 Å². The van der Waals surface area contributed by atoms with E-state index in [4.69, 9.17) is 14.7 Å². The molecule has 1 aliphatic carbocycles. The maximum Gasteiger partial charge on any atom is 0.343 e. The number of hydrogen-bond acceptors (Lipinski definition) is 4. The largest absolute Gasteiger partial charge is 0.493 e. The van der Waals surface area contributed by atoms with Gasteiger partial charge in [-0.05, 0) is 48.9 Å². The molecule has 4 nitrogen and oxygen atoms in total. The highest BCUT2D eigenvalue weighted by Crippen LogP contribution is 2.32. The van der Waals surface area contributed by atoms with E-state index in [-0.39, 0.29) is 11.3 Å². The molecule has 1 saturated carbocycles. The Morgan fingerprint density at radius 2 is 1.51 bits per heavy atom. The number of carbonyl (C=O) groups is 1. The van der Waals surface area contributed by atoms with E-state index in [1.165, 1.54) is 76.7 Å². The van der Waals surface area contributed by atoms with Gasteiger partial charge in [0.25, 0.3) is 0 Å². The van der Waals surface area contributed by atoms with Crippen LogP contribution < -0.4 is 9.47 Å². The average molecular weight is 484 g/mol. The zero-order valence-electron chi connectivity index (χ0n) is 20.5. The van der Waals surface area contributed by atoms with Crippen molar-refractivity contribution >= 4 is 5.97 Å². The first-order valence-corrected chi connectivity index (χ1v) is 12.8. The second-order valence-electron chi connectivity index (χ2n) is 9.54. The van der Waals surface area contributed by atoms with E-state index in [0.29, 0.717) is 18.3 Å². The zero-order valence-corrected chi connectivity index (χ0v) is 20.5. The van der Waals surface area contributed by atoms with Crippen LogP contribution in [0.5, 0.6) is 11.5 Å². The summed E-state index contributed by atoms with van der Waals surface area (Å²) in [6.07, 6.45) is 14.5. The van der Waals surface area contributed by atoms with Crippen LogP contribution in [0.2, 0.25) is 0 Å². The SMILES string of the molecule is CCCCCCCCC1CCC(COc2ccc(C(=O)Oc3cc(F)c(C#N)c(F)c3)cc2)CC1. The molecule has 2 aromatic carbocycles. The Morgan fingerprint density at radius 1 is 0.914 bits per heavy atom. The van der Waals surface area contributed by atoms with E-state index >= 15 is 0 Å². The van der Waals surface area contributed by atoms with Crippen LogP contribution in [0.3, 0.4) is 0 Å². The Labute approximate surface area is 207 Å². The third-order valence-electron chi connectivity index (χ3n) is 6.85. The number of halogens is 2. The first kappa shape index (κ1) is 26.7. The number of hydrogen-bond donors (Lipinski definition) is 0. The number of nitrogens with zero attached hydrogens (tertiary/aromatic N) is 1. The van der Waals surface area contributed by atoms with Crippen molar-refractivity contribution in [3.8, 4) is 17.6 Å². The normalized spacial score (nSPS) is 17.5. The summed E-state index contributed by atoms with van der Waals surface area (Å²) in [6.45, 7) is 2.92. The predicted octanol–water partition coefficient (Wildman–Crippen LogP) is 7.99. The molecule has 6 heteroatoms. The van der Waals surface area contributed by atoms with Gasteiger partial charge in [-0.2, -0.15) is 5.26 Å². The zero-order chi connectivity index (χ0) is 25.0. The molecule has 0 N–H and O–H groups in total. The molecule has 1 aliphatic rings. The van der Waals surface area contributed by atoms with Gasteiger partial charge in [0.15, 0.2) is 0 Å². The molecule has 0 amide bonds. The van der Waals surface area contributed by atoms with Crippen molar-refractivity contribution in [3.63, 3.8) is 0 Å². The lowest BCUT2D eigenvalue weighted by Crippen LogP contribution is -2.20. The first-order chi connectivity index (χ1) is 17.0. The lowest BCUT2D eigenvalue weighted by atomic mass is 9.80. The maximum absolute atomic E-state index is 13.7. The highest BCUT2D eigenvalue weighted by molar-refractivity contribution is 5.91. The van der Waals surface area contributed by atoms with Crippen LogP contribution in [0.15, 0.2) is 36.4 Å². The summed E-state index contributed by atoms with van der Waals surface area (Å²) in [5, 5.41) is 8.73. The molecule has 3 rings (SSSR count). The van der Waals surface area contributed by atoms with Crippen LogP contribution in [0.25, 0.3) is 0 Å². The number of carbonyl (C=O) groups excluding carboxylic acids is 1.